The maximum Gasteiger partial charge on any atom is 0.242 e. The summed E-state index contributed by atoms with van der Waals surface area (Å²) in [4.78, 5) is 31.5. The van der Waals surface area contributed by atoms with E-state index in [1.807, 2.05) is 69.0 Å². The zero-order valence-electron chi connectivity index (χ0n) is 21.0. The molecule has 8 heteroatoms. The Morgan fingerprint density at radius 3 is 2.50 bits per heavy atom. The number of rotatable bonds is 8. The zero-order chi connectivity index (χ0) is 24.7. The van der Waals surface area contributed by atoms with Crippen molar-refractivity contribution >= 4 is 17.6 Å². The van der Waals surface area contributed by atoms with Crippen LogP contribution in [0.15, 0.2) is 36.4 Å². The Labute approximate surface area is 202 Å². The first-order chi connectivity index (χ1) is 16.3. The molecule has 0 saturated carbocycles. The van der Waals surface area contributed by atoms with E-state index in [1.165, 1.54) is 0 Å². The molecule has 1 aliphatic rings. The van der Waals surface area contributed by atoms with Gasteiger partial charge >= 0.3 is 0 Å². The van der Waals surface area contributed by atoms with E-state index in [9.17, 15) is 9.59 Å². The molecule has 34 heavy (non-hydrogen) atoms. The highest BCUT2D eigenvalue weighted by Gasteiger charge is 2.27. The molecule has 2 amide bonds. The van der Waals surface area contributed by atoms with E-state index < -0.39 is 0 Å². The van der Waals surface area contributed by atoms with Gasteiger partial charge in [-0.25, -0.2) is 0 Å². The predicted octanol–water partition coefficient (Wildman–Crippen LogP) is 3.47. The predicted molar refractivity (Wildman–Crippen MR) is 134 cm³/mol. The van der Waals surface area contributed by atoms with Gasteiger partial charge in [0.2, 0.25) is 11.8 Å². The molecule has 3 rings (SSSR count). The van der Waals surface area contributed by atoms with Crippen LogP contribution in [0.4, 0.5) is 5.82 Å². The fraction of sp³-hybridized carbons (Fsp3) is 0.538. The van der Waals surface area contributed by atoms with Crippen LogP contribution in [0.1, 0.15) is 40.5 Å². The number of hydrogen-bond acceptors (Lipinski definition) is 6. The number of hydrogen-bond donors (Lipinski definition) is 0. The second kappa shape index (κ2) is 11.8. The van der Waals surface area contributed by atoms with E-state index in [-0.39, 0.29) is 30.3 Å². The molecule has 0 aliphatic carbocycles. The first kappa shape index (κ1) is 25.5. The van der Waals surface area contributed by atoms with Gasteiger partial charge in [0, 0.05) is 43.7 Å². The Kier molecular flexibility index (Phi) is 8.85. The Morgan fingerprint density at radius 2 is 1.85 bits per heavy atom. The van der Waals surface area contributed by atoms with Crippen LogP contribution in [0, 0.1) is 5.92 Å². The van der Waals surface area contributed by atoms with Crippen molar-refractivity contribution in [3.8, 4) is 17.0 Å². The van der Waals surface area contributed by atoms with Gasteiger partial charge in [0.1, 0.15) is 5.75 Å². The van der Waals surface area contributed by atoms with E-state index in [2.05, 4.69) is 15.1 Å². The summed E-state index contributed by atoms with van der Waals surface area (Å²) in [6.45, 7) is 10.7. The number of amides is 2. The van der Waals surface area contributed by atoms with Crippen molar-refractivity contribution in [1.82, 2.24) is 20.0 Å². The number of ether oxygens (including phenoxy) is 1. The number of carbonyl (C=O) groups is 2. The van der Waals surface area contributed by atoms with Crippen LogP contribution in [-0.4, -0.2) is 77.7 Å². The average molecular weight is 468 g/mol. The molecule has 0 spiro atoms. The number of anilines is 1. The minimum atomic E-state index is -0.125. The van der Waals surface area contributed by atoms with Crippen molar-refractivity contribution in [1.29, 1.82) is 0 Å². The molecule has 1 aromatic heterocycles. The Bertz CT molecular complexity index is 963. The second-order valence-corrected chi connectivity index (χ2v) is 9.11. The molecular formula is C26H37N5O3. The van der Waals surface area contributed by atoms with Gasteiger partial charge in [-0.1, -0.05) is 32.9 Å². The highest BCUT2D eigenvalue weighted by molar-refractivity contribution is 5.86. The van der Waals surface area contributed by atoms with Gasteiger partial charge in [-0.2, -0.15) is 0 Å². The largest absolute Gasteiger partial charge is 0.497 e. The van der Waals surface area contributed by atoms with Gasteiger partial charge in [0.05, 0.1) is 19.3 Å². The van der Waals surface area contributed by atoms with Crippen molar-refractivity contribution in [2.45, 2.75) is 46.6 Å². The molecule has 2 heterocycles. The quantitative estimate of drug-likeness (QED) is 0.592. The van der Waals surface area contributed by atoms with Crippen LogP contribution >= 0.6 is 0 Å². The van der Waals surface area contributed by atoms with Crippen LogP contribution in [-0.2, 0) is 9.59 Å². The van der Waals surface area contributed by atoms with E-state index in [4.69, 9.17) is 4.74 Å². The van der Waals surface area contributed by atoms with Gasteiger partial charge in [-0.05, 0) is 44.0 Å². The highest BCUT2D eigenvalue weighted by atomic mass is 16.5. The lowest BCUT2D eigenvalue weighted by atomic mass is 10.1. The summed E-state index contributed by atoms with van der Waals surface area (Å²) in [6, 6.07) is 11.7. The normalized spacial score (nSPS) is 15.1. The molecule has 1 aromatic carbocycles. The first-order valence-electron chi connectivity index (χ1n) is 12.1. The molecule has 184 valence electrons. The zero-order valence-corrected chi connectivity index (χ0v) is 21.0. The highest BCUT2D eigenvalue weighted by Crippen LogP contribution is 2.23. The molecule has 2 aromatic rings. The monoisotopic (exact) mass is 467 g/mol. The Morgan fingerprint density at radius 1 is 1.06 bits per heavy atom. The van der Waals surface area contributed by atoms with E-state index >= 15 is 0 Å². The maximum absolute atomic E-state index is 13.1. The standard InChI is InChI=1S/C26H37N5O3/c1-6-20(4)31(26(33)19(2)3)18-25(32)30-14-8-13-29(15-16-30)24-12-11-23(27-28-24)21-9-7-10-22(17-21)34-5/h7,9-12,17,19-20H,6,8,13-16,18H2,1-5H3/t20-/m0/s1. The Hall–Kier alpha value is -3.16. The van der Waals surface area contributed by atoms with E-state index in [0.29, 0.717) is 19.6 Å². The third-order valence-electron chi connectivity index (χ3n) is 6.39. The number of benzene rings is 1. The molecule has 0 N–H and O–H groups in total. The van der Waals surface area contributed by atoms with E-state index in [0.717, 1.165) is 42.2 Å². The van der Waals surface area contributed by atoms with Crippen molar-refractivity contribution in [3.05, 3.63) is 36.4 Å². The van der Waals surface area contributed by atoms with Gasteiger partial charge in [0.25, 0.3) is 0 Å². The van der Waals surface area contributed by atoms with Gasteiger partial charge in [-0.3, -0.25) is 9.59 Å². The number of nitrogens with zero attached hydrogens (tertiary/aromatic N) is 5. The lowest BCUT2D eigenvalue weighted by molar-refractivity contribution is -0.144. The molecule has 1 fully saturated rings. The number of methoxy groups -OCH3 is 1. The van der Waals surface area contributed by atoms with Crippen molar-refractivity contribution in [3.63, 3.8) is 0 Å². The van der Waals surface area contributed by atoms with Crippen LogP contribution in [0.5, 0.6) is 5.75 Å². The summed E-state index contributed by atoms with van der Waals surface area (Å²) in [5.41, 5.74) is 1.74. The summed E-state index contributed by atoms with van der Waals surface area (Å²) in [5.74, 6) is 1.50. The molecule has 1 aliphatic heterocycles. The smallest absolute Gasteiger partial charge is 0.242 e. The molecular weight excluding hydrogens is 430 g/mol. The van der Waals surface area contributed by atoms with E-state index in [1.54, 1.807) is 12.0 Å². The maximum atomic E-state index is 13.1. The SMILES string of the molecule is CC[C@H](C)N(CC(=O)N1CCCN(c2ccc(-c3cccc(OC)c3)nn2)CC1)C(=O)C(C)C. The van der Waals surface area contributed by atoms with Crippen molar-refractivity contribution < 1.29 is 14.3 Å². The van der Waals surface area contributed by atoms with Crippen LogP contribution in [0.2, 0.25) is 0 Å². The Balaban J connectivity index is 1.63. The molecule has 1 saturated heterocycles. The molecule has 1 atom stereocenters. The van der Waals surface area contributed by atoms with Crippen LogP contribution in [0.25, 0.3) is 11.3 Å². The molecule has 0 bridgehead atoms. The second-order valence-electron chi connectivity index (χ2n) is 9.11. The minimum Gasteiger partial charge on any atom is -0.497 e. The molecule has 0 radical (unpaired) electrons. The van der Waals surface area contributed by atoms with Crippen LogP contribution < -0.4 is 9.64 Å². The first-order valence-corrected chi connectivity index (χ1v) is 12.1. The summed E-state index contributed by atoms with van der Waals surface area (Å²) in [7, 11) is 1.64. The molecule has 8 nitrogen and oxygen atoms in total. The van der Waals surface area contributed by atoms with Crippen molar-refractivity contribution in [2.75, 3.05) is 44.7 Å². The third-order valence-corrected chi connectivity index (χ3v) is 6.39. The number of aromatic nitrogens is 2. The fourth-order valence-corrected chi connectivity index (χ4v) is 4.07. The topological polar surface area (TPSA) is 78.9 Å². The average Bonchev–Trinajstić information content (AvgIpc) is 3.13. The summed E-state index contributed by atoms with van der Waals surface area (Å²) < 4.78 is 5.30. The van der Waals surface area contributed by atoms with Gasteiger partial charge in [-0.15, -0.1) is 10.2 Å². The van der Waals surface area contributed by atoms with Crippen LogP contribution in [0.3, 0.4) is 0 Å². The summed E-state index contributed by atoms with van der Waals surface area (Å²) >= 11 is 0. The fourth-order valence-electron chi connectivity index (χ4n) is 4.07. The third kappa shape index (κ3) is 6.24. The van der Waals surface area contributed by atoms with Crippen molar-refractivity contribution in [2.24, 2.45) is 5.92 Å². The summed E-state index contributed by atoms with van der Waals surface area (Å²) in [5, 5.41) is 8.87. The molecule has 0 unspecified atom stereocenters. The van der Waals surface area contributed by atoms with Gasteiger partial charge in [0.15, 0.2) is 5.82 Å². The van der Waals surface area contributed by atoms with Gasteiger partial charge < -0.3 is 19.4 Å². The lowest BCUT2D eigenvalue weighted by Gasteiger charge is -2.32. The minimum absolute atomic E-state index is 0.00982. The lowest BCUT2D eigenvalue weighted by Crippen LogP contribution is -2.48. The summed E-state index contributed by atoms with van der Waals surface area (Å²) in [6.07, 6.45) is 1.66. The number of carbonyl (C=O) groups excluding carboxylic acids is 2.